The fraction of sp³-hybridized carbons (Fsp3) is 0.333. The van der Waals surface area contributed by atoms with Crippen LogP contribution in [0.5, 0.6) is 0 Å². The third kappa shape index (κ3) is 3.53. The van der Waals surface area contributed by atoms with Gasteiger partial charge in [0.05, 0.1) is 0 Å². The Kier molecular flexibility index (Phi) is 4.47. The number of ketones is 2. The van der Waals surface area contributed by atoms with E-state index in [4.69, 9.17) is 0 Å². The molecule has 1 amide bonds. The predicted molar refractivity (Wildman–Crippen MR) is 79.3 cm³/mol. The van der Waals surface area contributed by atoms with Crippen LogP contribution < -0.4 is 10.7 Å². The normalized spacial score (nSPS) is 16.9. The van der Waals surface area contributed by atoms with Crippen LogP contribution in [-0.4, -0.2) is 29.2 Å². The number of anilines is 1. The molecule has 110 valence electrons. The molecule has 0 aromatic heterocycles. The number of hydrogen-bond donors (Lipinski definition) is 2. The Bertz CT molecular complexity index is 605. The van der Waals surface area contributed by atoms with Gasteiger partial charge in [-0.15, -0.1) is 0 Å². The molecular weight excluding hydrogens is 270 g/mol. The molecule has 1 aromatic carbocycles. The Morgan fingerprint density at radius 3 is 2.52 bits per heavy atom. The van der Waals surface area contributed by atoms with Crippen molar-refractivity contribution < 1.29 is 14.4 Å². The van der Waals surface area contributed by atoms with Gasteiger partial charge >= 0.3 is 0 Å². The number of nitrogens with one attached hydrogen (secondary N) is 2. The molecule has 0 saturated heterocycles. The Hall–Kier alpha value is -2.50. The van der Waals surface area contributed by atoms with Gasteiger partial charge in [0.1, 0.15) is 11.8 Å². The van der Waals surface area contributed by atoms with Crippen LogP contribution in [0.4, 0.5) is 5.69 Å². The first kappa shape index (κ1) is 14.9. The molecule has 0 fully saturated rings. The van der Waals surface area contributed by atoms with Crippen LogP contribution >= 0.6 is 0 Å². The molecule has 0 spiro atoms. The van der Waals surface area contributed by atoms with Crippen molar-refractivity contribution in [1.82, 2.24) is 5.43 Å². The second-order valence-corrected chi connectivity index (χ2v) is 4.84. The summed E-state index contributed by atoms with van der Waals surface area (Å²) in [6, 6.07) is 6.11. The third-order valence-electron chi connectivity index (χ3n) is 3.27. The van der Waals surface area contributed by atoms with Crippen molar-refractivity contribution in [3.63, 3.8) is 0 Å². The summed E-state index contributed by atoms with van der Waals surface area (Å²) in [5.41, 5.74) is 4.27. The second-order valence-electron chi connectivity index (χ2n) is 4.84. The summed E-state index contributed by atoms with van der Waals surface area (Å²) in [7, 11) is 0. The number of hydrogen-bond acceptors (Lipinski definition) is 5. The topological polar surface area (TPSA) is 87.6 Å². The van der Waals surface area contributed by atoms with Gasteiger partial charge in [-0.2, -0.15) is 5.10 Å². The molecule has 0 radical (unpaired) electrons. The van der Waals surface area contributed by atoms with Gasteiger partial charge in [0.15, 0.2) is 11.6 Å². The summed E-state index contributed by atoms with van der Waals surface area (Å²) in [5, 5.41) is 6.63. The highest BCUT2D eigenvalue weighted by molar-refractivity contribution is 6.40. The number of hydrazone groups is 1. The summed E-state index contributed by atoms with van der Waals surface area (Å²) < 4.78 is 0. The van der Waals surface area contributed by atoms with E-state index in [0.717, 1.165) is 0 Å². The minimum atomic E-state index is -0.539. The van der Waals surface area contributed by atoms with Crippen molar-refractivity contribution in [2.45, 2.75) is 32.7 Å². The zero-order valence-corrected chi connectivity index (χ0v) is 12.0. The number of Topliss-reactive ketones (excluding diaryl/α,β-unsaturated/α-hetero) is 2. The number of nitrogens with zero attached hydrogens (tertiary/aromatic N) is 1. The maximum atomic E-state index is 12.1. The monoisotopic (exact) mass is 287 g/mol. The average Bonchev–Trinajstić information content (AvgIpc) is 2.97. The zero-order valence-electron chi connectivity index (χ0n) is 12.0. The summed E-state index contributed by atoms with van der Waals surface area (Å²) in [4.78, 5) is 34.7. The largest absolute Gasteiger partial charge is 0.324 e. The van der Waals surface area contributed by atoms with E-state index in [1.54, 1.807) is 31.2 Å². The summed E-state index contributed by atoms with van der Waals surface area (Å²) in [6.07, 6.45) is 0.672. The van der Waals surface area contributed by atoms with Gasteiger partial charge in [-0.05, 0) is 31.2 Å². The van der Waals surface area contributed by atoms with Crippen molar-refractivity contribution >= 4 is 28.9 Å². The van der Waals surface area contributed by atoms with Crippen molar-refractivity contribution in [3.05, 3.63) is 29.8 Å². The molecule has 1 aliphatic heterocycles. The van der Waals surface area contributed by atoms with Gasteiger partial charge in [0, 0.05) is 24.1 Å². The number of carbonyl (C=O) groups excluding carboxylic acids is 3. The minimum absolute atomic E-state index is 0.0264. The van der Waals surface area contributed by atoms with Crippen molar-refractivity contribution in [3.8, 4) is 0 Å². The first-order valence-corrected chi connectivity index (χ1v) is 6.78. The van der Waals surface area contributed by atoms with Crippen LogP contribution in [0.15, 0.2) is 29.4 Å². The third-order valence-corrected chi connectivity index (χ3v) is 3.27. The van der Waals surface area contributed by atoms with E-state index in [1.165, 1.54) is 6.92 Å². The lowest BCUT2D eigenvalue weighted by atomic mass is 10.1. The fourth-order valence-corrected chi connectivity index (χ4v) is 1.99. The molecule has 0 bridgehead atoms. The molecule has 1 aromatic rings. The van der Waals surface area contributed by atoms with E-state index < -0.39 is 6.04 Å². The van der Waals surface area contributed by atoms with Gasteiger partial charge in [-0.3, -0.25) is 19.8 Å². The van der Waals surface area contributed by atoms with E-state index in [2.05, 4.69) is 15.8 Å². The van der Waals surface area contributed by atoms with Crippen molar-refractivity contribution in [2.24, 2.45) is 5.10 Å². The van der Waals surface area contributed by atoms with Gasteiger partial charge in [0.2, 0.25) is 5.91 Å². The minimum Gasteiger partial charge on any atom is -0.324 e. The Morgan fingerprint density at radius 2 is 1.95 bits per heavy atom. The molecule has 21 heavy (non-hydrogen) atoms. The average molecular weight is 287 g/mol. The molecule has 2 rings (SSSR count). The molecule has 1 unspecified atom stereocenters. The van der Waals surface area contributed by atoms with E-state index in [0.29, 0.717) is 29.8 Å². The van der Waals surface area contributed by atoms with E-state index in [-0.39, 0.29) is 17.5 Å². The van der Waals surface area contributed by atoms with Crippen LogP contribution in [0.1, 0.15) is 37.0 Å². The molecule has 1 aliphatic rings. The predicted octanol–water partition coefficient (Wildman–Crippen LogP) is 1.52. The molecule has 0 aliphatic carbocycles. The Labute approximate surface area is 122 Å². The van der Waals surface area contributed by atoms with Crippen LogP contribution in [0.2, 0.25) is 0 Å². The van der Waals surface area contributed by atoms with Crippen LogP contribution in [0.25, 0.3) is 0 Å². The highest BCUT2D eigenvalue weighted by atomic mass is 16.2. The zero-order chi connectivity index (χ0) is 15.4. The smallest absolute Gasteiger partial charge is 0.248 e. The van der Waals surface area contributed by atoms with Gasteiger partial charge < -0.3 is 5.32 Å². The van der Waals surface area contributed by atoms with Crippen molar-refractivity contribution in [1.29, 1.82) is 0 Å². The molecule has 1 heterocycles. The molecule has 1 atom stereocenters. The first-order chi connectivity index (χ1) is 10.0. The van der Waals surface area contributed by atoms with Crippen molar-refractivity contribution in [2.75, 3.05) is 5.32 Å². The number of benzene rings is 1. The van der Waals surface area contributed by atoms with Gasteiger partial charge in [0.25, 0.3) is 0 Å². The van der Waals surface area contributed by atoms with Crippen LogP contribution in [0.3, 0.4) is 0 Å². The van der Waals surface area contributed by atoms with E-state index in [9.17, 15) is 14.4 Å². The molecule has 6 heteroatoms. The molecule has 2 N–H and O–H groups in total. The lowest BCUT2D eigenvalue weighted by molar-refractivity contribution is -0.117. The van der Waals surface area contributed by atoms with Gasteiger partial charge in [-0.1, -0.05) is 6.92 Å². The number of carbonyl (C=O) groups is 3. The van der Waals surface area contributed by atoms with E-state index in [1.807, 2.05) is 0 Å². The highest BCUT2D eigenvalue weighted by Gasteiger charge is 2.28. The Balaban J connectivity index is 1.94. The fourth-order valence-electron chi connectivity index (χ4n) is 1.99. The summed E-state index contributed by atoms with van der Waals surface area (Å²) in [5.74, 6) is -0.335. The standard InChI is InChI=1S/C15H17N3O3/c1-3-14(20)12-8-13(18-17-12)15(21)16-11-6-4-10(5-7-11)9(2)19/h4-7,13,18H,3,8H2,1-2H3,(H,16,21). The number of amides is 1. The molecule has 6 nitrogen and oxygen atoms in total. The first-order valence-electron chi connectivity index (χ1n) is 6.78. The quantitative estimate of drug-likeness (QED) is 0.804. The maximum absolute atomic E-state index is 12.1. The van der Waals surface area contributed by atoms with Gasteiger partial charge in [-0.25, -0.2) is 0 Å². The summed E-state index contributed by atoms with van der Waals surface area (Å²) in [6.45, 7) is 3.24. The van der Waals surface area contributed by atoms with E-state index >= 15 is 0 Å². The van der Waals surface area contributed by atoms with Crippen LogP contribution in [0, 0.1) is 0 Å². The lowest BCUT2D eigenvalue weighted by Crippen LogP contribution is -2.35. The molecular formula is C15H17N3O3. The number of rotatable bonds is 5. The maximum Gasteiger partial charge on any atom is 0.248 e. The molecule has 0 saturated carbocycles. The summed E-state index contributed by atoms with van der Waals surface area (Å²) >= 11 is 0. The lowest BCUT2D eigenvalue weighted by Gasteiger charge is -2.11. The highest BCUT2D eigenvalue weighted by Crippen LogP contribution is 2.13. The SMILES string of the molecule is CCC(=O)C1=NNC(C(=O)Nc2ccc(C(C)=O)cc2)C1. The Morgan fingerprint density at radius 1 is 1.29 bits per heavy atom. The van der Waals surface area contributed by atoms with Crippen LogP contribution in [-0.2, 0) is 9.59 Å². The second kappa shape index (κ2) is 6.30.